The Morgan fingerprint density at radius 2 is 1.20 bits per heavy atom. The zero-order valence-corrected chi connectivity index (χ0v) is 31.0. The molecule has 0 rings (SSSR count). The fourth-order valence-electron chi connectivity index (χ4n) is 5.21. The number of quaternary nitrogens is 1. The van der Waals surface area contributed by atoms with Crippen LogP contribution in [0, 0.1) is 0 Å². The number of phosphoric acid groups is 1. The van der Waals surface area contributed by atoms with Crippen molar-refractivity contribution in [2.75, 3.05) is 40.9 Å². The second-order valence-corrected chi connectivity index (χ2v) is 15.4. The van der Waals surface area contributed by atoms with Crippen molar-refractivity contribution in [3.63, 3.8) is 0 Å². The lowest BCUT2D eigenvalue weighted by Crippen LogP contribution is -2.46. The van der Waals surface area contributed by atoms with E-state index in [1.165, 1.54) is 89.9 Å². The Bertz CT molecular complexity index is 758. The predicted molar refractivity (Wildman–Crippen MR) is 189 cm³/mol. The van der Waals surface area contributed by atoms with Crippen molar-refractivity contribution in [2.24, 2.45) is 0 Å². The molecule has 0 aromatic carbocycles. The van der Waals surface area contributed by atoms with E-state index < -0.39 is 20.0 Å². The van der Waals surface area contributed by atoms with Gasteiger partial charge in [-0.05, 0) is 38.5 Å². The van der Waals surface area contributed by atoms with Gasteiger partial charge in [0.2, 0.25) is 5.91 Å². The van der Waals surface area contributed by atoms with Crippen molar-refractivity contribution in [3.05, 3.63) is 12.2 Å². The number of hydrogen-bond donors (Lipinski definition) is 3. The van der Waals surface area contributed by atoms with Crippen LogP contribution in [0.5, 0.6) is 0 Å². The lowest BCUT2D eigenvalue weighted by Gasteiger charge is -2.26. The summed E-state index contributed by atoms with van der Waals surface area (Å²) < 4.78 is 23.4. The molecule has 0 aromatic rings. The quantitative estimate of drug-likeness (QED) is 0.0280. The normalized spacial score (nSPS) is 14.9. The Kier molecular flexibility index (Phi) is 28.9. The number of nitrogens with zero attached hydrogens (tertiary/aromatic N) is 1. The first-order valence-corrected chi connectivity index (χ1v) is 20.0. The number of aliphatic hydroxyl groups excluding tert-OH is 1. The van der Waals surface area contributed by atoms with Crippen LogP contribution in [0.3, 0.4) is 0 Å². The fourth-order valence-corrected chi connectivity index (χ4v) is 5.95. The van der Waals surface area contributed by atoms with E-state index in [9.17, 15) is 19.4 Å². The van der Waals surface area contributed by atoms with Crippen LogP contribution in [0.4, 0.5) is 0 Å². The number of likely N-dealkylation sites (N-methyl/N-ethyl adjacent to an activating group) is 1. The second kappa shape index (κ2) is 29.4. The molecule has 0 bridgehead atoms. The molecule has 45 heavy (non-hydrogen) atoms. The van der Waals surface area contributed by atoms with Crippen LogP contribution < -0.4 is 5.32 Å². The van der Waals surface area contributed by atoms with E-state index >= 15 is 0 Å². The van der Waals surface area contributed by atoms with E-state index in [-0.39, 0.29) is 19.1 Å². The Labute approximate surface area is 278 Å². The maximum Gasteiger partial charge on any atom is 0.472 e. The molecule has 0 heterocycles. The summed E-state index contributed by atoms with van der Waals surface area (Å²) in [5, 5.41) is 13.8. The number of amides is 1. The molecule has 3 atom stereocenters. The third kappa shape index (κ3) is 31.6. The monoisotopic (exact) mass is 662 g/mol. The van der Waals surface area contributed by atoms with Gasteiger partial charge in [0.1, 0.15) is 13.2 Å². The van der Waals surface area contributed by atoms with Crippen LogP contribution >= 0.6 is 7.82 Å². The van der Waals surface area contributed by atoms with E-state index in [4.69, 9.17) is 9.05 Å². The first-order chi connectivity index (χ1) is 21.5. The molecule has 0 aliphatic heterocycles. The smallest absolute Gasteiger partial charge is 0.391 e. The number of aliphatic hydroxyl groups is 1. The molecule has 268 valence electrons. The summed E-state index contributed by atoms with van der Waals surface area (Å²) >= 11 is 0. The van der Waals surface area contributed by atoms with E-state index in [1.807, 2.05) is 21.1 Å². The molecule has 9 heteroatoms. The number of rotatable bonds is 33. The average molecular weight is 662 g/mol. The molecule has 1 amide bonds. The Hall–Kier alpha value is -0.760. The highest BCUT2D eigenvalue weighted by molar-refractivity contribution is 7.47. The molecule has 8 nitrogen and oxygen atoms in total. The van der Waals surface area contributed by atoms with Gasteiger partial charge in [0.15, 0.2) is 0 Å². The first kappa shape index (κ1) is 44.2. The standard InChI is InChI=1S/C36H73N2O6P/c1-6-8-10-12-14-16-17-18-19-20-22-24-26-28-30-36(40)37-34(33-44-45(41,42)43-32-31-38(3,4)5)35(39)29-27-25-23-21-15-13-11-9-7-2/h15,21,34-35,39H,6-14,16-20,22-33H2,1-5H3,(H-,37,40,41,42)/p+1/b21-15+/t34-,35+/m0/s1. The second-order valence-electron chi connectivity index (χ2n) is 14.0. The predicted octanol–water partition coefficient (Wildman–Crippen LogP) is 9.24. The lowest BCUT2D eigenvalue weighted by molar-refractivity contribution is -0.870. The zero-order chi connectivity index (χ0) is 33.7. The molecule has 0 aromatic heterocycles. The number of carbonyl (C=O) groups is 1. The molecular weight excluding hydrogens is 587 g/mol. The van der Waals surface area contributed by atoms with E-state index in [1.54, 1.807) is 0 Å². The van der Waals surface area contributed by atoms with Crippen molar-refractivity contribution in [1.29, 1.82) is 0 Å². The highest BCUT2D eigenvalue weighted by Crippen LogP contribution is 2.43. The van der Waals surface area contributed by atoms with Crippen LogP contribution in [-0.2, 0) is 18.4 Å². The van der Waals surface area contributed by atoms with Gasteiger partial charge >= 0.3 is 7.82 Å². The van der Waals surface area contributed by atoms with Gasteiger partial charge in [-0.15, -0.1) is 0 Å². The van der Waals surface area contributed by atoms with Gasteiger partial charge in [0.05, 0.1) is 39.9 Å². The minimum Gasteiger partial charge on any atom is -0.391 e. The van der Waals surface area contributed by atoms with Crippen LogP contribution in [0.2, 0.25) is 0 Å². The third-order valence-electron chi connectivity index (χ3n) is 8.26. The first-order valence-electron chi connectivity index (χ1n) is 18.6. The number of nitrogens with one attached hydrogen (secondary N) is 1. The number of phosphoric ester groups is 1. The van der Waals surface area contributed by atoms with Crippen molar-refractivity contribution in [1.82, 2.24) is 5.32 Å². The summed E-state index contributed by atoms with van der Waals surface area (Å²) in [6, 6.07) is -0.767. The topological polar surface area (TPSA) is 105 Å². The van der Waals surface area contributed by atoms with Gasteiger partial charge in [0, 0.05) is 6.42 Å². The summed E-state index contributed by atoms with van der Waals surface area (Å²) in [6.07, 6.45) is 29.5. The average Bonchev–Trinajstić information content (AvgIpc) is 2.97. The molecule has 3 N–H and O–H groups in total. The van der Waals surface area contributed by atoms with Crippen molar-refractivity contribution < 1.29 is 32.9 Å². The van der Waals surface area contributed by atoms with Gasteiger partial charge < -0.3 is 19.8 Å². The van der Waals surface area contributed by atoms with Crippen molar-refractivity contribution in [2.45, 2.75) is 174 Å². The minimum absolute atomic E-state index is 0.0714. The van der Waals surface area contributed by atoms with E-state index in [0.29, 0.717) is 23.9 Å². The van der Waals surface area contributed by atoms with Crippen molar-refractivity contribution in [3.8, 4) is 0 Å². The summed E-state index contributed by atoms with van der Waals surface area (Å²) in [5.41, 5.74) is 0. The van der Waals surface area contributed by atoms with Crippen LogP contribution in [0.15, 0.2) is 12.2 Å². The van der Waals surface area contributed by atoms with E-state index in [2.05, 4.69) is 31.3 Å². The van der Waals surface area contributed by atoms with Gasteiger partial charge in [-0.1, -0.05) is 129 Å². The van der Waals surface area contributed by atoms with Crippen LogP contribution in [-0.4, -0.2) is 73.4 Å². The van der Waals surface area contributed by atoms with Gasteiger partial charge in [0.25, 0.3) is 0 Å². The summed E-state index contributed by atoms with van der Waals surface area (Å²) in [6.45, 7) is 4.80. The Morgan fingerprint density at radius 3 is 1.71 bits per heavy atom. The van der Waals surface area contributed by atoms with Gasteiger partial charge in [-0.2, -0.15) is 0 Å². The molecule has 1 unspecified atom stereocenters. The zero-order valence-electron chi connectivity index (χ0n) is 30.1. The molecule has 0 radical (unpaired) electrons. The minimum atomic E-state index is -4.30. The molecule has 0 saturated heterocycles. The fraction of sp³-hybridized carbons (Fsp3) is 0.917. The molecule has 0 spiro atoms. The summed E-state index contributed by atoms with van der Waals surface area (Å²) in [5.74, 6) is -0.157. The number of unbranched alkanes of at least 4 members (excludes halogenated alkanes) is 18. The SMILES string of the molecule is CCCCC/C=C/CCCC[C@@H](O)[C@H](COP(=O)(O)OCC[N+](C)(C)C)NC(=O)CCCCCCCCCCCCCCCC. The van der Waals surface area contributed by atoms with Gasteiger partial charge in [-0.25, -0.2) is 4.57 Å². The molecule has 0 saturated carbocycles. The van der Waals surface area contributed by atoms with E-state index in [0.717, 1.165) is 44.9 Å². The lowest BCUT2D eigenvalue weighted by atomic mass is 10.0. The maximum atomic E-state index is 12.8. The third-order valence-corrected chi connectivity index (χ3v) is 9.25. The number of allylic oxidation sites excluding steroid dienone is 2. The van der Waals surface area contributed by atoms with Crippen molar-refractivity contribution >= 4 is 13.7 Å². The maximum absolute atomic E-state index is 12.8. The molecule has 0 aliphatic rings. The highest BCUT2D eigenvalue weighted by atomic mass is 31.2. The molecule has 0 fully saturated rings. The van der Waals surface area contributed by atoms with Gasteiger partial charge in [-0.3, -0.25) is 13.8 Å². The molecular formula is C36H74N2O6P+. The van der Waals surface area contributed by atoms with Crippen LogP contribution in [0.25, 0.3) is 0 Å². The number of hydrogen-bond acceptors (Lipinski definition) is 5. The summed E-state index contributed by atoms with van der Waals surface area (Å²) in [4.78, 5) is 22.9. The number of carbonyl (C=O) groups excluding carboxylic acids is 1. The Morgan fingerprint density at radius 1 is 0.733 bits per heavy atom. The largest absolute Gasteiger partial charge is 0.472 e. The summed E-state index contributed by atoms with van der Waals surface area (Å²) in [7, 11) is 1.60. The highest BCUT2D eigenvalue weighted by Gasteiger charge is 2.28. The van der Waals surface area contributed by atoms with Crippen LogP contribution in [0.1, 0.15) is 162 Å². The molecule has 0 aliphatic carbocycles. The Balaban J connectivity index is 4.45.